The Morgan fingerprint density at radius 3 is 2.71 bits per heavy atom. The van der Waals surface area contributed by atoms with Crippen LogP contribution in [-0.4, -0.2) is 54.1 Å². The molecule has 1 aliphatic heterocycles. The van der Waals surface area contributed by atoms with Gasteiger partial charge in [0.1, 0.15) is 12.4 Å². The Morgan fingerprint density at radius 2 is 2.06 bits per heavy atom. The predicted molar refractivity (Wildman–Crippen MR) is 125 cm³/mol. The first-order chi connectivity index (χ1) is 16.4. The van der Waals surface area contributed by atoms with Gasteiger partial charge in [-0.15, -0.1) is 22.0 Å². The fraction of sp³-hybridized carbons (Fsp3) is 0.190. The molecule has 0 aliphatic carbocycles. The highest BCUT2D eigenvalue weighted by molar-refractivity contribution is 7.99. The number of carbonyl (C=O) groups excluding carboxylic acids is 2. The number of nitro benzene ring substituents is 1. The number of aromatic nitrogens is 3. The largest absolute Gasteiger partial charge is 0.324 e. The number of rotatable bonds is 6. The number of hydrogen-bond donors (Lipinski definition) is 1. The van der Waals surface area contributed by atoms with Crippen LogP contribution in [0.3, 0.4) is 0 Å². The Bertz CT molecular complexity index is 1300. The molecule has 3 aromatic rings. The lowest BCUT2D eigenvalue weighted by molar-refractivity contribution is -0.387. The van der Waals surface area contributed by atoms with Crippen molar-refractivity contribution in [2.45, 2.75) is 16.1 Å². The molecule has 11 nitrogen and oxygen atoms in total. The summed E-state index contributed by atoms with van der Waals surface area (Å²) in [5.74, 6) is -0.154. The molecule has 172 valence electrons. The number of aryl methyl sites for hydroxylation is 1. The smallest absolute Gasteiger partial charge is 0.284 e. The van der Waals surface area contributed by atoms with Crippen LogP contribution in [-0.2, 0) is 11.8 Å². The maximum Gasteiger partial charge on any atom is 0.284 e. The lowest BCUT2D eigenvalue weighted by atomic mass is 10.1. The predicted octanol–water partition coefficient (Wildman–Crippen LogP) is 2.90. The van der Waals surface area contributed by atoms with Gasteiger partial charge in [0, 0.05) is 30.1 Å². The zero-order chi connectivity index (χ0) is 24.2. The van der Waals surface area contributed by atoms with Gasteiger partial charge in [-0.1, -0.05) is 0 Å². The molecule has 4 rings (SSSR count). The van der Waals surface area contributed by atoms with Crippen molar-refractivity contribution in [1.82, 2.24) is 19.7 Å². The molecule has 2 amide bonds. The summed E-state index contributed by atoms with van der Waals surface area (Å²) in [6, 6.07) is 11.9. The highest BCUT2D eigenvalue weighted by Gasteiger charge is 2.36. The molecule has 0 saturated carbocycles. The number of nitriles is 1. The summed E-state index contributed by atoms with van der Waals surface area (Å²) >= 11 is 2.49. The molecule has 0 bridgehead atoms. The van der Waals surface area contributed by atoms with E-state index in [1.807, 2.05) is 6.07 Å². The second-order valence-corrected chi connectivity index (χ2v) is 9.24. The average Bonchev–Trinajstić information content (AvgIpc) is 3.48. The van der Waals surface area contributed by atoms with Crippen molar-refractivity contribution in [2.75, 3.05) is 16.9 Å². The standard InChI is InChI=1S/C21H17N7O4S2/c1-26-11-23-25-21(26)34-18-7-4-14(8-16(18)28(31)32)20(30)27-12-33-10-17(27)19(29)24-15-5-2-13(9-22)3-6-15/h2-8,11,17H,10,12H2,1H3,(H,24,29). The Morgan fingerprint density at radius 1 is 1.29 bits per heavy atom. The molecule has 2 aromatic carbocycles. The molecule has 34 heavy (non-hydrogen) atoms. The number of nitro groups is 1. The van der Waals surface area contributed by atoms with Crippen LogP contribution >= 0.6 is 23.5 Å². The summed E-state index contributed by atoms with van der Waals surface area (Å²) < 4.78 is 1.63. The van der Waals surface area contributed by atoms with Gasteiger partial charge in [-0.25, -0.2) is 0 Å². The zero-order valence-electron chi connectivity index (χ0n) is 17.7. The summed E-state index contributed by atoms with van der Waals surface area (Å²) in [5.41, 5.74) is 0.861. The van der Waals surface area contributed by atoms with E-state index < -0.39 is 16.9 Å². The third kappa shape index (κ3) is 4.87. The SMILES string of the molecule is Cn1cnnc1Sc1ccc(C(=O)N2CSCC2C(=O)Nc2ccc(C#N)cc2)cc1[N+](=O)[O-]. The summed E-state index contributed by atoms with van der Waals surface area (Å²) in [5, 5.41) is 31.5. The first-order valence-electron chi connectivity index (χ1n) is 9.87. The van der Waals surface area contributed by atoms with Crippen LogP contribution in [0, 0.1) is 21.4 Å². The van der Waals surface area contributed by atoms with E-state index in [9.17, 15) is 19.7 Å². The highest BCUT2D eigenvalue weighted by atomic mass is 32.2. The number of amides is 2. The topological polar surface area (TPSA) is 147 Å². The number of anilines is 1. The van der Waals surface area contributed by atoms with E-state index in [1.165, 1.54) is 41.2 Å². The summed E-state index contributed by atoms with van der Waals surface area (Å²) in [6.45, 7) is 0. The van der Waals surface area contributed by atoms with Crippen LogP contribution < -0.4 is 5.32 Å². The highest BCUT2D eigenvalue weighted by Crippen LogP contribution is 2.35. The van der Waals surface area contributed by atoms with Gasteiger partial charge in [0.15, 0.2) is 5.16 Å². The molecule has 0 spiro atoms. The molecule has 1 atom stereocenters. The van der Waals surface area contributed by atoms with Crippen molar-refractivity contribution in [2.24, 2.45) is 7.05 Å². The van der Waals surface area contributed by atoms with E-state index in [4.69, 9.17) is 5.26 Å². The normalized spacial score (nSPS) is 15.1. The van der Waals surface area contributed by atoms with Crippen LogP contribution in [0.5, 0.6) is 0 Å². The van der Waals surface area contributed by atoms with E-state index in [-0.39, 0.29) is 23.0 Å². The number of nitrogens with one attached hydrogen (secondary N) is 1. The summed E-state index contributed by atoms with van der Waals surface area (Å²) in [6.07, 6.45) is 1.49. The van der Waals surface area contributed by atoms with Crippen molar-refractivity contribution in [3.63, 3.8) is 0 Å². The van der Waals surface area contributed by atoms with Crippen molar-refractivity contribution in [3.05, 3.63) is 70.0 Å². The quantitative estimate of drug-likeness (QED) is 0.402. The van der Waals surface area contributed by atoms with Gasteiger partial charge in [-0.05, 0) is 48.2 Å². The first kappa shape index (κ1) is 23.3. The molecular weight excluding hydrogens is 478 g/mol. The third-order valence-electron chi connectivity index (χ3n) is 5.00. The molecule has 0 radical (unpaired) electrons. The Balaban J connectivity index is 1.53. The maximum absolute atomic E-state index is 13.2. The van der Waals surface area contributed by atoms with Gasteiger partial charge in [0.05, 0.1) is 27.3 Å². The van der Waals surface area contributed by atoms with Gasteiger partial charge < -0.3 is 14.8 Å². The number of benzene rings is 2. The maximum atomic E-state index is 13.2. The van der Waals surface area contributed by atoms with Crippen molar-refractivity contribution < 1.29 is 14.5 Å². The molecular formula is C21H17N7O4S2. The lowest BCUT2D eigenvalue weighted by Crippen LogP contribution is -2.44. The van der Waals surface area contributed by atoms with E-state index in [0.717, 1.165) is 11.8 Å². The monoisotopic (exact) mass is 495 g/mol. The second kappa shape index (κ2) is 9.94. The third-order valence-corrected chi connectivity index (χ3v) is 7.13. The average molecular weight is 496 g/mol. The molecule has 2 heterocycles. The fourth-order valence-corrected chi connectivity index (χ4v) is 5.23. The molecule has 1 aliphatic rings. The minimum absolute atomic E-state index is 0.118. The van der Waals surface area contributed by atoms with Crippen molar-refractivity contribution in [3.8, 4) is 6.07 Å². The minimum Gasteiger partial charge on any atom is -0.324 e. The molecule has 1 N–H and O–H groups in total. The molecule has 13 heteroatoms. The van der Waals surface area contributed by atoms with Gasteiger partial charge in [0.25, 0.3) is 11.6 Å². The van der Waals surface area contributed by atoms with Crippen molar-refractivity contribution >= 4 is 46.7 Å². The molecule has 1 unspecified atom stereocenters. The van der Waals surface area contributed by atoms with E-state index in [2.05, 4.69) is 15.5 Å². The van der Waals surface area contributed by atoms with Crippen LogP contribution in [0.2, 0.25) is 0 Å². The van der Waals surface area contributed by atoms with Gasteiger partial charge in [0.2, 0.25) is 5.91 Å². The number of hydrogen-bond acceptors (Lipinski definition) is 9. The van der Waals surface area contributed by atoms with Crippen molar-refractivity contribution in [1.29, 1.82) is 5.26 Å². The minimum atomic E-state index is -0.736. The van der Waals surface area contributed by atoms with Gasteiger partial charge in [-0.3, -0.25) is 19.7 Å². The first-order valence-corrected chi connectivity index (χ1v) is 11.8. The van der Waals surface area contributed by atoms with Gasteiger partial charge >= 0.3 is 0 Å². The number of thioether (sulfide) groups is 1. The lowest BCUT2D eigenvalue weighted by Gasteiger charge is -2.23. The Kier molecular flexibility index (Phi) is 6.80. The van der Waals surface area contributed by atoms with Crippen LogP contribution in [0.4, 0.5) is 11.4 Å². The second-order valence-electron chi connectivity index (χ2n) is 7.24. The van der Waals surface area contributed by atoms with Crippen LogP contribution in [0.25, 0.3) is 0 Å². The van der Waals surface area contributed by atoms with E-state index >= 15 is 0 Å². The zero-order valence-corrected chi connectivity index (χ0v) is 19.4. The van der Waals surface area contributed by atoms with Gasteiger partial charge in [-0.2, -0.15) is 5.26 Å². The van der Waals surface area contributed by atoms with E-state index in [1.54, 1.807) is 35.9 Å². The Hall–Kier alpha value is -3.89. The Labute approximate surface area is 202 Å². The summed E-state index contributed by atoms with van der Waals surface area (Å²) in [4.78, 5) is 38.9. The molecule has 1 aromatic heterocycles. The molecule has 1 fully saturated rings. The number of nitrogens with zero attached hydrogens (tertiary/aromatic N) is 6. The summed E-state index contributed by atoms with van der Waals surface area (Å²) in [7, 11) is 1.72. The van der Waals surface area contributed by atoms with Crippen LogP contribution in [0.15, 0.2) is 58.8 Å². The van der Waals surface area contributed by atoms with E-state index in [0.29, 0.717) is 27.1 Å². The van der Waals surface area contributed by atoms with Crippen LogP contribution in [0.1, 0.15) is 15.9 Å². The number of carbonyl (C=O) groups is 2. The fourth-order valence-electron chi connectivity index (χ4n) is 3.22. The molecule has 1 saturated heterocycles.